The predicted molar refractivity (Wildman–Crippen MR) is 122 cm³/mol. The number of nitrogens with zero attached hydrogens (tertiary/aromatic N) is 1. The molecule has 0 saturated carbocycles. The average molecular weight is 424 g/mol. The first kappa shape index (κ1) is 19.5. The number of aliphatic hydroxyl groups excluding tert-OH is 1. The number of hydrogen-bond acceptors (Lipinski definition) is 3. The van der Waals surface area contributed by atoms with Crippen molar-refractivity contribution in [2.45, 2.75) is 24.9 Å². The Morgan fingerprint density at radius 1 is 1.07 bits per heavy atom. The minimum Gasteiger partial charge on any atom is -0.490 e. The van der Waals surface area contributed by atoms with E-state index in [-0.39, 0.29) is 0 Å². The number of para-hydroxylation sites is 1. The van der Waals surface area contributed by atoms with Gasteiger partial charge in [-0.15, -0.1) is 0 Å². The fraction of sp³-hybridized carbons (Fsp3) is 0.333. The Hall–Kier alpha value is -2.47. The summed E-state index contributed by atoms with van der Waals surface area (Å²) in [6.45, 7) is 2.88. The van der Waals surface area contributed by atoms with Gasteiger partial charge in [0.05, 0.1) is 10.5 Å². The zero-order valence-corrected chi connectivity index (χ0v) is 17.5. The first-order chi connectivity index (χ1) is 14.7. The summed E-state index contributed by atoms with van der Waals surface area (Å²) in [6, 6.07) is 14.0. The SMILES string of the molecule is OC(COc1cccc2[nH]ccc12)CN1CCC(c2c[nH]c3c(Cl)cccc23)CC1. The molecule has 1 atom stereocenters. The molecule has 0 spiro atoms. The maximum atomic E-state index is 10.5. The van der Waals surface area contributed by atoms with Gasteiger partial charge in [0.2, 0.25) is 0 Å². The Balaban J connectivity index is 1.15. The number of piperidine rings is 1. The molecule has 156 valence electrons. The van der Waals surface area contributed by atoms with Gasteiger partial charge in [-0.2, -0.15) is 0 Å². The van der Waals surface area contributed by atoms with Crippen LogP contribution in [0.1, 0.15) is 24.3 Å². The Kier molecular flexibility index (Phi) is 5.42. The van der Waals surface area contributed by atoms with Gasteiger partial charge in [0, 0.05) is 35.2 Å². The normalized spacial score (nSPS) is 17.0. The van der Waals surface area contributed by atoms with Crippen LogP contribution in [0.2, 0.25) is 5.02 Å². The van der Waals surface area contributed by atoms with E-state index in [1.54, 1.807) is 0 Å². The fourth-order valence-electron chi connectivity index (χ4n) is 4.62. The highest BCUT2D eigenvalue weighted by Crippen LogP contribution is 2.35. The molecule has 1 unspecified atom stereocenters. The van der Waals surface area contributed by atoms with Gasteiger partial charge in [-0.3, -0.25) is 0 Å². The lowest BCUT2D eigenvalue weighted by molar-refractivity contribution is 0.0599. The van der Waals surface area contributed by atoms with E-state index in [0.717, 1.165) is 53.1 Å². The highest BCUT2D eigenvalue weighted by Gasteiger charge is 2.24. The van der Waals surface area contributed by atoms with Crippen LogP contribution in [0.5, 0.6) is 5.75 Å². The van der Waals surface area contributed by atoms with E-state index in [1.807, 2.05) is 42.6 Å². The summed E-state index contributed by atoms with van der Waals surface area (Å²) in [4.78, 5) is 8.86. The van der Waals surface area contributed by atoms with Crippen LogP contribution >= 0.6 is 11.6 Å². The zero-order chi connectivity index (χ0) is 20.5. The van der Waals surface area contributed by atoms with E-state index in [9.17, 15) is 5.11 Å². The van der Waals surface area contributed by atoms with Crippen LogP contribution in [0, 0.1) is 0 Å². The summed E-state index contributed by atoms with van der Waals surface area (Å²) in [5.74, 6) is 1.33. The maximum Gasteiger partial charge on any atom is 0.128 e. The molecule has 30 heavy (non-hydrogen) atoms. The standard InChI is InChI=1S/C24H26ClN3O2/c25-21-4-1-3-18-20(13-27-24(18)21)16-8-11-28(12-9-16)14-17(29)15-30-23-6-2-5-22-19(23)7-10-26-22/h1-7,10,13,16-17,26-27,29H,8-9,11-12,14-15H2. The average Bonchev–Trinajstić information content (AvgIpc) is 3.41. The monoisotopic (exact) mass is 423 g/mol. The Morgan fingerprint density at radius 3 is 2.77 bits per heavy atom. The number of β-amino-alcohol motifs (C(OH)–C–C–N with tert-alkyl or cyclic N) is 1. The smallest absolute Gasteiger partial charge is 0.128 e. The fourth-order valence-corrected chi connectivity index (χ4v) is 4.85. The summed E-state index contributed by atoms with van der Waals surface area (Å²) in [6.07, 6.45) is 5.66. The Morgan fingerprint density at radius 2 is 1.90 bits per heavy atom. The van der Waals surface area contributed by atoms with Crippen molar-refractivity contribution in [3.63, 3.8) is 0 Å². The van der Waals surface area contributed by atoms with Crippen molar-refractivity contribution in [1.82, 2.24) is 14.9 Å². The lowest BCUT2D eigenvalue weighted by Gasteiger charge is -2.33. The number of hydrogen-bond donors (Lipinski definition) is 3. The van der Waals surface area contributed by atoms with Gasteiger partial charge in [-0.05, 0) is 61.7 Å². The molecule has 5 nitrogen and oxygen atoms in total. The number of fused-ring (bicyclic) bond motifs is 2. The van der Waals surface area contributed by atoms with Crippen LogP contribution in [0.4, 0.5) is 0 Å². The first-order valence-electron chi connectivity index (χ1n) is 10.5. The Bertz CT molecular complexity index is 1140. The molecule has 2 aromatic heterocycles. The largest absolute Gasteiger partial charge is 0.490 e. The molecule has 1 aliphatic rings. The number of halogens is 1. The summed E-state index contributed by atoms with van der Waals surface area (Å²) >= 11 is 6.31. The first-order valence-corrected chi connectivity index (χ1v) is 10.9. The summed E-state index contributed by atoms with van der Waals surface area (Å²) in [7, 11) is 0. The van der Waals surface area contributed by atoms with Gasteiger partial charge in [0.15, 0.2) is 0 Å². The van der Waals surface area contributed by atoms with Crippen molar-refractivity contribution in [2.75, 3.05) is 26.2 Å². The molecule has 3 N–H and O–H groups in total. The lowest BCUT2D eigenvalue weighted by Crippen LogP contribution is -2.40. The maximum absolute atomic E-state index is 10.5. The number of nitrogens with one attached hydrogen (secondary N) is 2. The van der Waals surface area contributed by atoms with Gasteiger partial charge < -0.3 is 24.7 Å². The molecule has 1 fully saturated rings. The third-order valence-corrected chi connectivity index (χ3v) is 6.49. The molecule has 3 heterocycles. The van der Waals surface area contributed by atoms with E-state index in [1.165, 1.54) is 10.9 Å². The summed E-state index contributed by atoms with van der Waals surface area (Å²) in [5, 5.41) is 13.6. The number of rotatable bonds is 6. The third-order valence-electron chi connectivity index (χ3n) is 6.18. The quantitative estimate of drug-likeness (QED) is 0.412. The predicted octanol–water partition coefficient (Wildman–Crippen LogP) is 4.92. The van der Waals surface area contributed by atoms with Crippen molar-refractivity contribution in [2.24, 2.45) is 0 Å². The number of aromatic nitrogens is 2. The van der Waals surface area contributed by atoms with Gasteiger partial charge in [-0.1, -0.05) is 29.8 Å². The molecular weight excluding hydrogens is 398 g/mol. The van der Waals surface area contributed by atoms with Crippen molar-refractivity contribution in [3.8, 4) is 5.75 Å². The van der Waals surface area contributed by atoms with Crippen molar-refractivity contribution < 1.29 is 9.84 Å². The van der Waals surface area contributed by atoms with Crippen LogP contribution in [0.3, 0.4) is 0 Å². The number of H-pyrrole nitrogens is 2. The topological polar surface area (TPSA) is 64.3 Å². The number of aromatic amines is 2. The van der Waals surface area contributed by atoms with E-state index in [4.69, 9.17) is 16.3 Å². The number of benzene rings is 2. The summed E-state index contributed by atoms with van der Waals surface area (Å²) < 4.78 is 5.91. The molecule has 1 aliphatic heterocycles. The van der Waals surface area contributed by atoms with Crippen LogP contribution in [0.15, 0.2) is 54.9 Å². The van der Waals surface area contributed by atoms with Gasteiger partial charge >= 0.3 is 0 Å². The van der Waals surface area contributed by atoms with Crippen LogP contribution in [-0.4, -0.2) is 52.3 Å². The second-order valence-corrected chi connectivity index (χ2v) is 8.55. The van der Waals surface area contributed by atoms with Crippen LogP contribution in [0.25, 0.3) is 21.8 Å². The second-order valence-electron chi connectivity index (χ2n) is 8.14. The Labute approximate surface area is 180 Å². The van der Waals surface area contributed by atoms with Gasteiger partial charge in [0.25, 0.3) is 0 Å². The number of ether oxygens (including phenoxy) is 1. The van der Waals surface area contributed by atoms with Gasteiger partial charge in [-0.25, -0.2) is 0 Å². The van der Waals surface area contributed by atoms with E-state index in [2.05, 4.69) is 27.1 Å². The molecule has 5 rings (SSSR count). The number of likely N-dealkylation sites (tertiary alicyclic amines) is 1. The highest BCUT2D eigenvalue weighted by molar-refractivity contribution is 6.35. The van der Waals surface area contributed by atoms with Crippen LogP contribution < -0.4 is 4.74 Å². The molecule has 2 aromatic carbocycles. The molecule has 0 aliphatic carbocycles. The molecule has 0 amide bonds. The third kappa shape index (κ3) is 3.81. The molecule has 4 aromatic rings. The van der Waals surface area contributed by atoms with E-state index in [0.29, 0.717) is 19.1 Å². The summed E-state index contributed by atoms with van der Waals surface area (Å²) in [5.41, 5.74) is 3.43. The molecule has 1 saturated heterocycles. The highest BCUT2D eigenvalue weighted by atomic mass is 35.5. The van der Waals surface area contributed by atoms with Crippen LogP contribution in [-0.2, 0) is 0 Å². The lowest BCUT2D eigenvalue weighted by atomic mass is 9.89. The second kappa shape index (κ2) is 8.34. The zero-order valence-electron chi connectivity index (χ0n) is 16.8. The van der Waals surface area contributed by atoms with Crippen molar-refractivity contribution >= 4 is 33.4 Å². The molecule has 0 radical (unpaired) electrons. The minimum absolute atomic E-state index is 0.297. The van der Waals surface area contributed by atoms with Crippen molar-refractivity contribution in [3.05, 3.63) is 65.4 Å². The molecular formula is C24H26ClN3O2. The molecule has 6 heteroatoms. The van der Waals surface area contributed by atoms with Crippen molar-refractivity contribution in [1.29, 1.82) is 0 Å². The van der Waals surface area contributed by atoms with E-state index < -0.39 is 6.10 Å². The van der Waals surface area contributed by atoms with E-state index >= 15 is 0 Å². The molecule has 0 bridgehead atoms. The number of aliphatic hydroxyl groups is 1. The van der Waals surface area contributed by atoms with Gasteiger partial charge in [0.1, 0.15) is 18.5 Å². The minimum atomic E-state index is -0.511.